The van der Waals surface area contributed by atoms with Gasteiger partial charge in [-0.05, 0) is 43.9 Å². The van der Waals surface area contributed by atoms with Gasteiger partial charge in [0.2, 0.25) is 0 Å². The maximum absolute atomic E-state index is 5.26. The quantitative estimate of drug-likeness (QED) is 0.860. The van der Waals surface area contributed by atoms with Crippen molar-refractivity contribution in [2.45, 2.75) is 44.2 Å². The summed E-state index contributed by atoms with van der Waals surface area (Å²) in [5.74, 6) is 0.687. The Balaban J connectivity index is 0.000001000. The molecule has 4 heteroatoms. The van der Waals surface area contributed by atoms with Crippen molar-refractivity contribution < 1.29 is 4.52 Å². The predicted molar refractivity (Wildman–Crippen MR) is 73.3 cm³/mol. The number of rotatable bonds is 1. The zero-order valence-corrected chi connectivity index (χ0v) is 11.2. The third kappa shape index (κ3) is 1.65. The molecule has 0 radical (unpaired) electrons. The molecular weight excluding hydrogens is 248 g/mol. The number of aryl methyl sites for hydroxylation is 1. The summed E-state index contributed by atoms with van der Waals surface area (Å²) in [5, 5.41) is 8.89. The fourth-order valence-electron chi connectivity index (χ4n) is 3.50. The van der Waals surface area contributed by atoms with E-state index in [0.29, 0.717) is 12.0 Å². The van der Waals surface area contributed by atoms with Crippen LogP contribution in [0.3, 0.4) is 0 Å². The standard InChI is InChI=1S/C14H16N2O.ClH/c1-8-11-6-9(2-5-14(11)17-16-8)12-7-10-3-4-13(12)15-10;/h2,5-6,10,12-13,15H,3-4,7H2,1H3;1H. The molecule has 1 aromatic carbocycles. The molecule has 3 nitrogen and oxygen atoms in total. The zero-order valence-electron chi connectivity index (χ0n) is 10.3. The molecule has 96 valence electrons. The molecule has 2 fully saturated rings. The Bertz CT molecular complexity index is 580. The highest BCUT2D eigenvalue weighted by Gasteiger charge is 2.39. The summed E-state index contributed by atoms with van der Waals surface area (Å²) in [4.78, 5) is 0. The highest BCUT2D eigenvalue weighted by Crippen LogP contribution is 2.40. The minimum atomic E-state index is 0. The van der Waals surface area contributed by atoms with Crippen molar-refractivity contribution in [3.8, 4) is 0 Å². The van der Waals surface area contributed by atoms with E-state index < -0.39 is 0 Å². The summed E-state index contributed by atoms with van der Waals surface area (Å²) in [5.41, 5.74) is 3.35. The van der Waals surface area contributed by atoms with Crippen LogP contribution in [0.1, 0.15) is 36.4 Å². The SMILES string of the molecule is Cc1noc2ccc(C3CC4CCC3N4)cc12.Cl. The van der Waals surface area contributed by atoms with Crippen LogP contribution in [0.25, 0.3) is 11.0 Å². The van der Waals surface area contributed by atoms with Gasteiger partial charge in [-0.1, -0.05) is 11.2 Å². The number of nitrogens with one attached hydrogen (secondary N) is 1. The van der Waals surface area contributed by atoms with E-state index in [-0.39, 0.29) is 12.4 Å². The van der Waals surface area contributed by atoms with Crippen molar-refractivity contribution in [1.82, 2.24) is 10.5 Å². The van der Waals surface area contributed by atoms with Gasteiger partial charge in [0.15, 0.2) is 5.58 Å². The van der Waals surface area contributed by atoms with Crippen LogP contribution in [0.15, 0.2) is 22.7 Å². The van der Waals surface area contributed by atoms with Crippen LogP contribution in [0.2, 0.25) is 0 Å². The Labute approximate surface area is 112 Å². The van der Waals surface area contributed by atoms with Crippen LogP contribution in [0, 0.1) is 6.92 Å². The van der Waals surface area contributed by atoms with Crippen molar-refractivity contribution in [2.24, 2.45) is 0 Å². The lowest BCUT2D eigenvalue weighted by Crippen LogP contribution is -2.21. The van der Waals surface area contributed by atoms with Gasteiger partial charge in [-0.15, -0.1) is 12.4 Å². The molecule has 3 atom stereocenters. The van der Waals surface area contributed by atoms with E-state index in [0.717, 1.165) is 17.3 Å². The fraction of sp³-hybridized carbons (Fsp3) is 0.500. The maximum atomic E-state index is 5.26. The predicted octanol–water partition coefficient (Wildman–Crippen LogP) is 3.17. The highest BCUT2D eigenvalue weighted by atomic mass is 35.5. The molecule has 3 heterocycles. The highest BCUT2D eigenvalue weighted by molar-refractivity contribution is 5.85. The summed E-state index contributed by atoms with van der Waals surface area (Å²) in [6.45, 7) is 2.01. The number of aromatic nitrogens is 1. The van der Waals surface area contributed by atoms with E-state index in [2.05, 4.69) is 28.7 Å². The average Bonchev–Trinajstić information content (AvgIpc) is 3.04. The van der Waals surface area contributed by atoms with Gasteiger partial charge in [-0.2, -0.15) is 0 Å². The van der Waals surface area contributed by atoms with Crippen molar-refractivity contribution in [3.63, 3.8) is 0 Å². The Hall–Kier alpha value is -1.06. The van der Waals surface area contributed by atoms with E-state index in [1.54, 1.807) is 0 Å². The summed E-state index contributed by atoms with van der Waals surface area (Å²) in [7, 11) is 0. The Morgan fingerprint density at radius 1 is 1.33 bits per heavy atom. The molecular formula is C14H17ClN2O. The normalized spacial score (nSPS) is 29.7. The second-order valence-corrected chi connectivity index (χ2v) is 5.41. The first-order chi connectivity index (χ1) is 8.31. The smallest absolute Gasteiger partial charge is 0.167 e. The van der Waals surface area contributed by atoms with Gasteiger partial charge in [-0.3, -0.25) is 0 Å². The van der Waals surface area contributed by atoms with Crippen LogP contribution in [0.4, 0.5) is 0 Å². The van der Waals surface area contributed by atoms with E-state index >= 15 is 0 Å². The average molecular weight is 265 g/mol. The first-order valence-electron chi connectivity index (χ1n) is 6.43. The Morgan fingerprint density at radius 3 is 2.94 bits per heavy atom. The fourth-order valence-corrected chi connectivity index (χ4v) is 3.50. The van der Waals surface area contributed by atoms with E-state index in [1.165, 1.54) is 30.2 Å². The number of hydrogen-bond acceptors (Lipinski definition) is 3. The third-order valence-electron chi connectivity index (χ3n) is 4.40. The van der Waals surface area contributed by atoms with Crippen molar-refractivity contribution in [3.05, 3.63) is 29.5 Å². The number of halogens is 1. The number of fused-ring (bicyclic) bond motifs is 3. The van der Waals surface area contributed by atoms with E-state index in [1.807, 2.05) is 6.92 Å². The molecule has 2 aliphatic heterocycles. The number of hydrogen-bond donors (Lipinski definition) is 1. The van der Waals surface area contributed by atoms with E-state index in [4.69, 9.17) is 4.52 Å². The summed E-state index contributed by atoms with van der Waals surface area (Å²) >= 11 is 0. The molecule has 2 aliphatic rings. The lowest BCUT2D eigenvalue weighted by Gasteiger charge is -2.20. The molecule has 0 aliphatic carbocycles. The van der Waals surface area contributed by atoms with Gasteiger partial charge in [0.05, 0.1) is 5.69 Å². The van der Waals surface area contributed by atoms with Crippen LogP contribution >= 0.6 is 12.4 Å². The van der Waals surface area contributed by atoms with Crippen LogP contribution in [-0.2, 0) is 0 Å². The summed E-state index contributed by atoms with van der Waals surface area (Å²) in [6.07, 6.45) is 3.98. The van der Waals surface area contributed by atoms with Gasteiger partial charge >= 0.3 is 0 Å². The molecule has 0 amide bonds. The number of nitrogens with zero attached hydrogens (tertiary/aromatic N) is 1. The number of benzene rings is 1. The van der Waals surface area contributed by atoms with Crippen molar-refractivity contribution >= 4 is 23.4 Å². The van der Waals surface area contributed by atoms with Crippen LogP contribution in [-0.4, -0.2) is 17.2 Å². The molecule has 3 unspecified atom stereocenters. The van der Waals surface area contributed by atoms with Gasteiger partial charge in [0.25, 0.3) is 0 Å². The molecule has 0 spiro atoms. The molecule has 2 aromatic rings. The molecule has 4 rings (SSSR count). The van der Waals surface area contributed by atoms with Gasteiger partial charge in [0.1, 0.15) is 0 Å². The maximum Gasteiger partial charge on any atom is 0.167 e. The molecule has 0 saturated carbocycles. The second kappa shape index (κ2) is 4.25. The Kier molecular flexibility index (Phi) is 2.83. The van der Waals surface area contributed by atoms with Crippen LogP contribution < -0.4 is 5.32 Å². The largest absolute Gasteiger partial charge is 0.356 e. The third-order valence-corrected chi connectivity index (χ3v) is 4.40. The lowest BCUT2D eigenvalue weighted by atomic mass is 9.83. The minimum absolute atomic E-state index is 0. The zero-order chi connectivity index (χ0) is 11.4. The molecule has 1 N–H and O–H groups in total. The van der Waals surface area contributed by atoms with E-state index in [9.17, 15) is 0 Å². The molecule has 18 heavy (non-hydrogen) atoms. The topological polar surface area (TPSA) is 38.1 Å². The first-order valence-corrected chi connectivity index (χ1v) is 6.43. The van der Waals surface area contributed by atoms with Crippen LogP contribution in [0.5, 0.6) is 0 Å². The Morgan fingerprint density at radius 2 is 2.22 bits per heavy atom. The molecule has 1 aromatic heterocycles. The summed E-state index contributed by atoms with van der Waals surface area (Å²) < 4.78 is 5.26. The molecule has 2 saturated heterocycles. The van der Waals surface area contributed by atoms with Crippen molar-refractivity contribution in [2.75, 3.05) is 0 Å². The van der Waals surface area contributed by atoms with Gasteiger partial charge in [-0.25, -0.2) is 0 Å². The summed E-state index contributed by atoms with van der Waals surface area (Å²) in [6, 6.07) is 7.99. The second-order valence-electron chi connectivity index (χ2n) is 5.41. The molecule has 2 bridgehead atoms. The lowest BCUT2D eigenvalue weighted by molar-refractivity contribution is 0.450. The first kappa shape index (κ1) is 12.0. The monoisotopic (exact) mass is 264 g/mol. The minimum Gasteiger partial charge on any atom is -0.356 e. The van der Waals surface area contributed by atoms with Crippen molar-refractivity contribution in [1.29, 1.82) is 0 Å². The van der Waals surface area contributed by atoms with Gasteiger partial charge in [0, 0.05) is 23.4 Å². The van der Waals surface area contributed by atoms with Gasteiger partial charge < -0.3 is 9.84 Å².